The lowest BCUT2D eigenvalue weighted by Crippen LogP contribution is -2.11. The minimum Gasteiger partial charge on any atom is -0.299 e. The van der Waals surface area contributed by atoms with Crippen molar-refractivity contribution in [3.05, 3.63) is 0 Å². The first kappa shape index (κ1) is 14.0. The summed E-state index contributed by atoms with van der Waals surface area (Å²) in [5.41, 5.74) is 0.288. The summed E-state index contributed by atoms with van der Waals surface area (Å²) in [6, 6.07) is 0. The van der Waals surface area contributed by atoms with Crippen LogP contribution in [-0.2, 0) is 4.79 Å². The first-order valence-electron chi connectivity index (χ1n) is 5.48. The second-order valence-corrected chi connectivity index (χ2v) is 6.56. The van der Waals surface area contributed by atoms with Gasteiger partial charge in [-0.3, -0.25) is 4.79 Å². The minimum absolute atomic E-state index is 0.288. The van der Waals surface area contributed by atoms with Crippen LogP contribution in [0.15, 0.2) is 0 Å². The molecule has 0 aliphatic carbocycles. The highest BCUT2D eigenvalue weighted by molar-refractivity contribution is 8.00. The summed E-state index contributed by atoms with van der Waals surface area (Å²) in [5, 5.41) is 0.619. The summed E-state index contributed by atoms with van der Waals surface area (Å²) < 4.78 is 0. The van der Waals surface area contributed by atoms with Crippen molar-refractivity contribution in [2.75, 3.05) is 5.75 Å². The van der Waals surface area contributed by atoms with Gasteiger partial charge < -0.3 is 0 Å². The quantitative estimate of drug-likeness (QED) is 0.669. The van der Waals surface area contributed by atoms with Crippen LogP contribution < -0.4 is 0 Å². The number of carbonyl (C=O) groups is 1. The number of hydrogen-bond acceptors (Lipinski definition) is 2. The SMILES string of the molecule is CCC(C)SCC(=O)CCC(C)(C)C. The molecular weight excluding hydrogens is 192 g/mol. The second kappa shape index (κ2) is 6.49. The number of thioether (sulfide) groups is 1. The lowest BCUT2D eigenvalue weighted by molar-refractivity contribution is -0.117. The summed E-state index contributed by atoms with van der Waals surface area (Å²) in [6.45, 7) is 10.9. The molecule has 0 aromatic heterocycles. The van der Waals surface area contributed by atoms with E-state index in [0.29, 0.717) is 16.8 Å². The molecule has 0 amide bonds. The normalized spacial score (nSPS) is 14.1. The molecule has 2 heteroatoms. The van der Waals surface area contributed by atoms with Crippen molar-refractivity contribution in [3.8, 4) is 0 Å². The largest absolute Gasteiger partial charge is 0.299 e. The van der Waals surface area contributed by atoms with E-state index >= 15 is 0 Å². The molecule has 0 N–H and O–H groups in total. The highest BCUT2D eigenvalue weighted by Gasteiger charge is 2.13. The zero-order valence-corrected chi connectivity index (χ0v) is 11.0. The van der Waals surface area contributed by atoms with Crippen molar-refractivity contribution >= 4 is 17.5 Å². The van der Waals surface area contributed by atoms with Gasteiger partial charge in [-0.1, -0.05) is 34.6 Å². The monoisotopic (exact) mass is 216 g/mol. The average molecular weight is 216 g/mol. The first-order chi connectivity index (χ1) is 6.35. The van der Waals surface area contributed by atoms with Gasteiger partial charge >= 0.3 is 0 Å². The Morgan fingerprint density at radius 2 is 1.93 bits per heavy atom. The highest BCUT2D eigenvalue weighted by Crippen LogP contribution is 2.22. The van der Waals surface area contributed by atoms with E-state index in [0.717, 1.165) is 19.3 Å². The molecule has 0 bridgehead atoms. The van der Waals surface area contributed by atoms with Gasteiger partial charge in [0.15, 0.2) is 0 Å². The van der Waals surface area contributed by atoms with Gasteiger partial charge in [-0.25, -0.2) is 0 Å². The van der Waals surface area contributed by atoms with E-state index in [4.69, 9.17) is 0 Å². The zero-order chi connectivity index (χ0) is 11.2. The van der Waals surface area contributed by atoms with Crippen molar-refractivity contribution in [2.24, 2.45) is 5.41 Å². The van der Waals surface area contributed by atoms with Crippen LogP contribution in [-0.4, -0.2) is 16.8 Å². The smallest absolute Gasteiger partial charge is 0.142 e. The standard InChI is InChI=1S/C12H24OS/c1-6-10(2)14-9-11(13)7-8-12(3,4)5/h10H,6-9H2,1-5H3. The molecule has 84 valence electrons. The fraction of sp³-hybridized carbons (Fsp3) is 0.917. The Hall–Kier alpha value is 0.0200. The molecule has 0 aliphatic heterocycles. The molecule has 0 radical (unpaired) electrons. The topological polar surface area (TPSA) is 17.1 Å². The van der Waals surface area contributed by atoms with Crippen LogP contribution in [0, 0.1) is 5.41 Å². The molecular formula is C12H24OS. The molecule has 0 saturated heterocycles. The van der Waals surface area contributed by atoms with Crippen molar-refractivity contribution in [3.63, 3.8) is 0 Å². The van der Waals surface area contributed by atoms with Crippen molar-refractivity contribution in [1.29, 1.82) is 0 Å². The van der Waals surface area contributed by atoms with Crippen LogP contribution in [0.5, 0.6) is 0 Å². The Balaban J connectivity index is 3.57. The maximum absolute atomic E-state index is 11.5. The molecule has 1 unspecified atom stereocenters. The summed E-state index contributed by atoms with van der Waals surface area (Å²) in [5.74, 6) is 1.11. The van der Waals surface area contributed by atoms with Gasteiger partial charge in [0.05, 0.1) is 5.75 Å². The molecule has 1 nitrogen and oxygen atoms in total. The number of hydrogen-bond donors (Lipinski definition) is 0. The van der Waals surface area contributed by atoms with Crippen LogP contribution in [0.1, 0.15) is 53.9 Å². The molecule has 0 spiro atoms. The fourth-order valence-electron chi connectivity index (χ4n) is 0.940. The fourth-order valence-corrected chi connectivity index (χ4v) is 1.79. The number of carbonyl (C=O) groups excluding carboxylic acids is 1. The number of rotatable bonds is 6. The third-order valence-electron chi connectivity index (χ3n) is 2.26. The average Bonchev–Trinajstić information content (AvgIpc) is 2.09. The van der Waals surface area contributed by atoms with Crippen LogP contribution in [0.3, 0.4) is 0 Å². The molecule has 14 heavy (non-hydrogen) atoms. The highest BCUT2D eigenvalue weighted by atomic mass is 32.2. The van der Waals surface area contributed by atoms with Crippen molar-refractivity contribution < 1.29 is 4.79 Å². The zero-order valence-electron chi connectivity index (χ0n) is 10.2. The summed E-state index contributed by atoms with van der Waals surface area (Å²) in [4.78, 5) is 11.5. The second-order valence-electron chi connectivity index (χ2n) is 5.13. The van der Waals surface area contributed by atoms with Gasteiger partial charge in [-0.05, 0) is 18.3 Å². The summed E-state index contributed by atoms with van der Waals surface area (Å²) in [7, 11) is 0. The van der Waals surface area contributed by atoms with Gasteiger partial charge in [-0.2, -0.15) is 11.8 Å². The van der Waals surface area contributed by atoms with E-state index in [1.54, 1.807) is 11.8 Å². The van der Waals surface area contributed by atoms with Crippen LogP contribution >= 0.6 is 11.8 Å². The minimum atomic E-state index is 0.288. The molecule has 1 atom stereocenters. The van der Waals surface area contributed by atoms with Gasteiger partial charge in [0.2, 0.25) is 0 Å². The molecule has 0 saturated carbocycles. The summed E-state index contributed by atoms with van der Waals surface area (Å²) in [6.07, 6.45) is 2.90. The third kappa shape index (κ3) is 8.61. The Kier molecular flexibility index (Phi) is 6.50. The Morgan fingerprint density at radius 1 is 1.36 bits per heavy atom. The van der Waals surface area contributed by atoms with E-state index in [2.05, 4.69) is 34.6 Å². The van der Waals surface area contributed by atoms with Crippen LogP contribution in [0.25, 0.3) is 0 Å². The molecule has 0 aromatic rings. The molecule has 0 aliphatic rings. The van der Waals surface area contributed by atoms with E-state index < -0.39 is 0 Å². The van der Waals surface area contributed by atoms with E-state index in [1.165, 1.54) is 0 Å². The molecule has 0 fully saturated rings. The molecule has 0 heterocycles. The first-order valence-corrected chi connectivity index (χ1v) is 6.53. The number of Topliss-reactive ketones (excluding diaryl/α,β-unsaturated/α-hetero) is 1. The Bertz CT molecular complexity index is 170. The molecule has 0 aromatic carbocycles. The predicted molar refractivity (Wildman–Crippen MR) is 65.9 cm³/mol. The van der Waals surface area contributed by atoms with Crippen LogP contribution in [0.4, 0.5) is 0 Å². The van der Waals surface area contributed by atoms with Gasteiger partial charge in [0.25, 0.3) is 0 Å². The molecule has 0 rings (SSSR count). The lowest BCUT2D eigenvalue weighted by atomic mass is 9.90. The van der Waals surface area contributed by atoms with Gasteiger partial charge in [0, 0.05) is 11.7 Å². The lowest BCUT2D eigenvalue weighted by Gasteiger charge is -2.17. The van der Waals surface area contributed by atoms with Gasteiger partial charge in [-0.15, -0.1) is 0 Å². The summed E-state index contributed by atoms with van der Waals surface area (Å²) >= 11 is 1.79. The van der Waals surface area contributed by atoms with E-state index in [-0.39, 0.29) is 5.41 Å². The third-order valence-corrected chi connectivity index (χ3v) is 3.65. The van der Waals surface area contributed by atoms with Gasteiger partial charge in [0.1, 0.15) is 5.78 Å². The maximum atomic E-state index is 11.5. The maximum Gasteiger partial charge on any atom is 0.142 e. The van der Waals surface area contributed by atoms with Crippen LogP contribution in [0.2, 0.25) is 0 Å². The van der Waals surface area contributed by atoms with Crippen molar-refractivity contribution in [1.82, 2.24) is 0 Å². The van der Waals surface area contributed by atoms with Crippen molar-refractivity contribution in [2.45, 2.75) is 59.1 Å². The van der Waals surface area contributed by atoms with E-state index in [9.17, 15) is 4.79 Å². The number of ketones is 1. The Morgan fingerprint density at radius 3 is 2.36 bits per heavy atom. The Labute approximate surface area is 93.0 Å². The van der Waals surface area contributed by atoms with E-state index in [1.807, 2.05) is 0 Å². The predicted octanol–water partition coefficient (Wildman–Crippen LogP) is 3.91.